The smallest absolute Gasteiger partial charge is 0.227 e. The fraction of sp³-hybridized carbons (Fsp3) is 0.348. The molecule has 3 aromatic rings. The Morgan fingerprint density at radius 1 is 1.04 bits per heavy atom. The van der Waals surface area contributed by atoms with E-state index in [4.69, 9.17) is 9.99 Å². The summed E-state index contributed by atoms with van der Waals surface area (Å²) in [6, 6.07) is 21.6. The summed E-state index contributed by atoms with van der Waals surface area (Å²) in [5, 5.41) is 5.98. The number of hydrogen-bond acceptors (Lipinski definition) is 5. The fourth-order valence-corrected chi connectivity index (χ4v) is 6.10. The normalized spacial score (nSPS) is 28.7. The van der Waals surface area contributed by atoms with E-state index in [-0.39, 0.29) is 5.72 Å². The van der Waals surface area contributed by atoms with Crippen LogP contribution in [0.5, 0.6) is 0 Å². The highest BCUT2D eigenvalue weighted by atomic mass is 32.1. The lowest BCUT2D eigenvalue weighted by molar-refractivity contribution is -0.198. The molecule has 1 spiro atoms. The van der Waals surface area contributed by atoms with Crippen molar-refractivity contribution in [3.63, 3.8) is 0 Å². The highest BCUT2D eigenvalue weighted by molar-refractivity contribution is 7.20. The number of hydrogen-bond donors (Lipinski definition) is 0. The molecule has 3 saturated heterocycles. The Morgan fingerprint density at radius 2 is 1.82 bits per heavy atom. The SMILES string of the molecule is c1ccc(CN2C(c3cc4ccccc4s3)=NO[C@]23CN2CCC3CC2)cc1. The quantitative estimate of drug-likeness (QED) is 0.659. The lowest BCUT2D eigenvalue weighted by Gasteiger charge is -2.53. The van der Waals surface area contributed by atoms with Crippen LogP contribution in [0.4, 0.5) is 0 Å². The molecule has 0 radical (unpaired) electrons. The monoisotopic (exact) mass is 389 g/mol. The van der Waals surface area contributed by atoms with Gasteiger partial charge in [-0.15, -0.1) is 11.3 Å². The van der Waals surface area contributed by atoms with Crippen molar-refractivity contribution < 1.29 is 4.84 Å². The van der Waals surface area contributed by atoms with Crippen molar-refractivity contribution in [2.75, 3.05) is 19.6 Å². The van der Waals surface area contributed by atoms with Gasteiger partial charge in [0.15, 0.2) is 5.84 Å². The third-order valence-electron chi connectivity index (χ3n) is 6.51. The molecule has 0 saturated carbocycles. The average Bonchev–Trinajstić information content (AvgIpc) is 3.32. The summed E-state index contributed by atoms with van der Waals surface area (Å²) in [7, 11) is 0. The second kappa shape index (κ2) is 6.33. The van der Waals surface area contributed by atoms with Crippen LogP contribution in [0.1, 0.15) is 23.3 Å². The molecule has 28 heavy (non-hydrogen) atoms. The maximum Gasteiger partial charge on any atom is 0.227 e. The Morgan fingerprint density at radius 3 is 2.57 bits per heavy atom. The number of nitrogens with zero attached hydrogens (tertiary/aromatic N) is 3. The van der Waals surface area contributed by atoms with E-state index in [0.29, 0.717) is 5.92 Å². The number of rotatable bonds is 3. The zero-order valence-corrected chi connectivity index (χ0v) is 16.6. The number of thiophene rings is 1. The van der Waals surface area contributed by atoms with Crippen LogP contribution in [-0.4, -0.2) is 41.0 Å². The molecule has 0 aliphatic carbocycles. The summed E-state index contributed by atoms with van der Waals surface area (Å²) in [6.07, 6.45) is 2.39. The fourth-order valence-electron chi connectivity index (χ4n) is 5.05. The van der Waals surface area contributed by atoms with Crippen LogP contribution in [-0.2, 0) is 11.4 Å². The molecule has 5 heteroatoms. The van der Waals surface area contributed by atoms with Gasteiger partial charge in [-0.2, -0.15) is 0 Å². The largest absolute Gasteiger partial charge is 0.363 e. The molecular weight excluding hydrogens is 366 g/mol. The number of benzene rings is 2. The van der Waals surface area contributed by atoms with Crippen molar-refractivity contribution in [2.24, 2.45) is 11.1 Å². The van der Waals surface area contributed by atoms with Crippen LogP contribution < -0.4 is 0 Å². The van der Waals surface area contributed by atoms with Crippen LogP contribution in [0.15, 0.2) is 65.8 Å². The first kappa shape index (κ1) is 16.6. The number of oxime groups is 1. The molecule has 3 fully saturated rings. The Kier molecular flexibility index (Phi) is 3.74. The summed E-state index contributed by atoms with van der Waals surface area (Å²) in [4.78, 5) is 12.5. The molecule has 2 aromatic carbocycles. The van der Waals surface area contributed by atoms with E-state index in [1.807, 2.05) is 11.3 Å². The molecular formula is C23H23N3OS. The van der Waals surface area contributed by atoms with Gasteiger partial charge in [0.05, 0.1) is 11.4 Å². The van der Waals surface area contributed by atoms with Crippen LogP contribution in [0.25, 0.3) is 10.1 Å². The van der Waals surface area contributed by atoms with Gasteiger partial charge >= 0.3 is 0 Å². The molecule has 0 amide bonds. The van der Waals surface area contributed by atoms with Crippen molar-refractivity contribution >= 4 is 27.3 Å². The molecule has 7 rings (SSSR count). The topological polar surface area (TPSA) is 28.1 Å². The molecule has 0 N–H and O–H groups in total. The minimum absolute atomic E-state index is 0.322. The minimum atomic E-state index is -0.322. The maximum absolute atomic E-state index is 6.34. The number of piperidine rings is 3. The molecule has 1 atom stereocenters. The first-order valence-electron chi connectivity index (χ1n) is 10.1. The summed E-state index contributed by atoms with van der Waals surface area (Å²) >= 11 is 1.81. The van der Waals surface area contributed by atoms with Gasteiger partial charge in [0.1, 0.15) is 0 Å². The van der Waals surface area contributed by atoms with Crippen LogP contribution in [0, 0.1) is 5.92 Å². The van der Waals surface area contributed by atoms with E-state index in [2.05, 4.69) is 70.5 Å². The third-order valence-corrected chi connectivity index (χ3v) is 7.62. The summed E-state index contributed by atoms with van der Waals surface area (Å²) < 4.78 is 1.30. The molecule has 4 aliphatic heterocycles. The zero-order valence-electron chi connectivity index (χ0n) is 15.8. The Bertz CT molecular complexity index is 1010. The summed E-state index contributed by atoms with van der Waals surface area (Å²) in [6.45, 7) is 4.15. The number of fused-ring (bicyclic) bond motifs is 3. The molecule has 4 aliphatic rings. The van der Waals surface area contributed by atoms with Crippen LogP contribution in [0.2, 0.25) is 0 Å². The molecule has 0 unspecified atom stereocenters. The van der Waals surface area contributed by atoms with Gasteiger partial charge in [0, 0.05) is 17.2 Å². The Hall–Kier alpha value is -2.37. The lowest BCUT2D eigenvalue weighted by Crippen LogP contribution is -2.66. The standard InChI is InChI=1S/C23H23N3OS/c1-2-6-17(7-3-1)15-26-22(21-14-18-8-4-5-9-20(18)28-21)24-27-23(26)16-25-12-10-19(23)11-13-25/h1-9,14,19H,10-13,15-16H2/t23-/m0/s1. The summed E-state index contributed by atoms with van der Waals surface area (Å²) in [5.41, 5.74) is 0.982. The van der Waals surface area contributed by atoms with E-state index >= 15 is 0 Å². The van der Waals surface area contributed by atoms with E-state index < -0.39 is 0 Å². The average molecular weight is 390 g/mol. The minimum Gasteiger partial charge on any atom is -0.363 e. The molecule has 1 aromatic heterocycles. The zero-order chi connectivity index (χ0) is 18.6. The van der Waals surface area contributed by atoms with E-state index in [9.17, 15) is 0 Å². The third kappa shape index (κ3) is 2.50. The van der Waals surface area contributed by atoms with Crippen molar-refractivity contribution in [1.82, 2.24) is 9.80 Å². The van der Waals surface area contributed by atoms with E-state index in [1.165, 1.54) is 46.5 Å². The van der Waals surface area contributed by atoms with Gasteiger partial charge in [-0.1, -0.05) is 53.7 Å². The van der Waals surface area contributed by atoms with Gasteiger partial charge in [0.25, 0.3) is 0 Å². The first-order valence-corrected chi connectivity index (χ1v) is 10.9. The van der Waals surface area contributed by atoms with Gasteiger partial charge in [-0.05, 0) is 49.0 Å². The summed E-state index contributed by atoms with van der Waals surface area (Å²) in [5.74, 6) is 1.54. The maximum atomic E-state index is 6.34. The van der Waals surface area contributed by atoms with Crippen molar-refractivity contribution in [3.05, 3.63) is 71.1 Å². The Balaban J connectivity index is 1.43. The lowest BCUT2D eigenvalue weighted by atomic mass is 9.79. The first-order chi connectivity index (χ1) is 13.8. The number of amidine groups is 1. The second-order valence-electron chi connectivity index (χ2n) is 8.12. The van der Waals surface area contributed by atoms with Gasteiger partial charge in [-0.25, -0.2) is 0 Å². The molecule has 5 heterocycles. The predicted octanol–water partition coefficient (Wildman–Crippen LogP) is 4.52. The van der Waals surface area contributed by atoms with E-state index in [1.54, 1.807) is 0 Å². The second-order valence-corrected chi connectivity index (χ2v) is 9.21. The highest BCUT2D eigenvalue weighted by Gasteiger charge is 2.57. The molecule has 2 bridgehead atoms. The van der Waals surface area contributed by atoms with E-state index in [0.717, 1.165) is 18.9 Å². The van der Waals surface area contributed by atoms with Gasteiger partial charge in [-0.3, -0.25) is 4.90 Å². The van der Waals surface area contributed by atoms with Gasteiger partial charge < -0.3 is 9.74 Å². The van der Waals surface area contributed by atoms with Crippen molar-refractivity contribution in [3.8, 4) is 0 Å². The van der Waals surface area contributed by atoms with Crippen LogP contribution in [0.3, 0.4) is 0 Å². The van der Waals surface area contributed by atoms with Crippen molar-refractivity contribution in [1.29, 1.82) is 0 Å². The highest BCUT2D eigenvalue weighted by Crippen LogP contribution is 2.45. The predicted molar refractivity (Wildman–Crippen MR) is 113 cm³/mol. The molecule has 4 nitrogen and oxygen atoms in total. The Labute approximate surface area is 169 Å². The van der Waals surface area contributed by atoms with Gasteiger partial charge in [0.2, 0.25) is 5.72 Å². The van der Waals surface area contributed by atoms with Crippen LogP contribution >= 0.6 is 11.3 Å². The van der Waals surface area contributed by atoms with Crippen molar-refractivity contribution in [2.45, 2.75) is 25.1 Å². The molecule has 142 valence electrons.